The number of nitrogens with zero attached hydrogens (tertiary/aromatic N) is 2. The number of aromatic nitrogens is 2. The van der Waals surface area contributed by atoms with Crippen molar-refractivity contribution in [3.05, 3.63) is 59.5 Å². The maximum atomic E-state index is 14.4. The van der Waals surface area contributed by atoms with Crippen LogP contribution in [0.3, 0.4) is 0 Å². The summed E-state index contributed by atoms with van der Waals surface area (Å²) in [5.74, 6) is -0.532. The molecule has 0 aliphatic carbocycles. The summed E-state index contributed by atoms with van der Waals surface area (Å²) in [4.78, 5) is 8.30. The number of ether oxygens (including phenoxy) is 3. The van der Waals surface area contributed by atoms with Gasteiger partial charge in [0.25, 0.3) is 0 Å². The van der Waals surface area contributed by atoms with Crippen LogP contribution in [0.5, 0.6) is 5.75 Å². The zero-order valence-electron chi connectivity index (χ0n) is 19.6. The molecule has 0 bridgehead atoms. The predicted octanol–water partition coefficient (Wildman–Crippen LogP) is 4.61. The molecule has 3 aromatic rings. The second-order valence-electron chi connectivity index (χ2n) is 8.24. The van der Waals surface area contributed by atoms with Gasteiger partial charge < -0.3 is 34.7 Å². The molecular formula is C23H26BClFN5O4. The standard InChI is InChI=1S/C23H26BClFN5O4/c1-23(2)34-13-17(35-23)12-33-20-10-15(7-8-18(20)25)29-22-27-11-19(26)21(30-22)28-14-5-4-6-16(9-14)31-24-32-3/h4-11,17,24,31H,12-13H2,1-3H3,(H2,27,28,29,30). The quantitative estimate of drug-likeness (QED) is 0.344. The molecule has 1 aliphatic heterocycles. The molecule has 3 N–H and O–H groups in total. The van der Waals surface area contributed by atoms with Gasteiger partial charge in [-0.3, -0.25) is 0 Å². The van der Waals surface area contributed by atoms with Crippen LogP contribution in [-0.2, 0) is 14.1 Å². The van der Waals surface area contributed by atoms with Gasteiger partial charge in [-0.05, 0) is 44.2 Å². The molecule has 1 unspecified atom stereocenters. The van der Waals surface area contributed by atoms with Crippen molar-refractivity contribution in [3.63, 3.8) is 0 Å². The Kier molecular flexibility index (Phi) is 7.91. The summed E-state index contributed by atoms with van der Waals surface area (Å²) >= 11 is 6.29. The van der Waals surface area contributed by atoms with E-state index in [-0.39, 0.29) is 24.5 Å². The lowest BCUT2D eigenvalue weighted by Crippen LogP contribution is -2.25. The SMILES string of the molecule is COBNc1cccc(Nc2nc(Nc3ccc(Cl)c(OCC4COC(C)(C)O4)c3)ncc2F)c1. The third-order valence-electron chi connectivity index (χ3n) is 4.97. The molecule has 0 spiro atoms. The number of anilines is 5. The number of hydrogen-bond acceptors (Lipinski definition) is 9. The summed E-state index contributed by atoms with van der Waals surface area (Å²) < 4.78 is 36.6. The lowest BCUT2D eigenvalue weighted by Gasteiger charge is -2.18. The summed E-state index contributed by atoms with van der Waals surface area (Å²) in [5, 5.41) is 9.55. The normalized spacial score (nSPS) is 16.5. The van der Waals surface area contributed by atoms with Crippen LogP contribution in [0.15, 0.2) is 48.7 Å². The molecule has 4 rings (SSSR count). The Morgan fingerprint density at radius 3 is 2.74 bits per heavy atom. The molecule has 0 radical (unpaired) electrons. The highest BCUT2D eigenvalue weighted by Crippen LogP contribution is 2.31. The predicted molar refractivity (Wildman–Crippen MR) is 135 cm³/mol. The fraction of sp³-hybridized carbons (Fsp3) is 0.304. The molecule has 35 heavy (non-hydrogen) atoms. The van der Waals surface area contributed by atoms with Gasteiger partial charge in [0, 0.05) is 30.2 Å². The smallest absolute Gasteiger partial charge is 0.393 e. The van der Waals surface area contributed by atoms with Gasteiger partial charge in [-0.1, -0.05) is 17.7 Å². The Bertz CT molecular complexity index is 1170. The number of benzene rings is 2. The van der Waals surface area contributed by atoms with E-state index in [1.807, 2.05) is 32.0 Å². The van der Waals surface area contributed by atoms with Gasteiger partial charge in [-0.2, -0.15) is 4.98 Å². The average Bonchev–Trinajstić information content (AvgIpc) is 3.19. The zero-order valence-corrected chi connectivity index (χ0v) is 20.4. The van der Waals surface area contributed by atoms with Crippen LogP contribution < -0.4 is 20.6 Å². The van der Waals surface area contributed by atoms with Gasteiger partial charge in [0.1, 0.15) is 18.5 Å². The molecule has 2 heterocycles. The van der Waals surface area contributed by atoms with E-state index in [2.05, 4.69) is 25.8 Å². The summed E-state index contributed by atoms with van der Waals surface area (Å²) in [6.07, 6.45) is 0.895. The molecular weight excluding hydrogens is 476 g/mol. The Morgan fingerprint density at radius 1 is 1.17 bits per heavy atom. The van der Waals surface area contributed by atoms with Gasteiger partial charge in [-0.15, -0.1) is 0 Å². The highest BCUT2D eigenvalue weighted by Gasteiger charge is 2.33. The molecule has 1 aromatic heterocycles. The molecule has 2 aromatic carbocycles. The van der Waals surface area contributed by atoms with E-state index in [9.17, 15) is 4.39 Å². The summed E-state index contributed by atoms with van der Waals surface area (Å²) in [6.45, 7) is 4.43. The number of halogens is 2. The molecule has 9 nitrogen and oxygen atoms in total. The van der Waals surface area contributed by atoms with Gasteiger partial charge >= 0.3 is 7.62 Å². The van der Waals surface area contributed by atoms with Crippen LogP contribution in [0.1, 0.15) is 13.8 Å². The van der Waals surface area contributed by atoms with Crippen molar-refractivity contribution in [2.24, 2.45) is 0 Å². The second kappa shape index (κ2) is 11.1. The van der Waals surface area contributed by atoms with Gasteiger partial charge in [0.15, 0.2) is 17.4 Å². The van der Waals surface area contributed by atoms with E-state index in [0.29, 0.717) is 36.4 Å². The van der Waals surface area contributed by atoms with Crippen molar-refractivity contribution >= 4 is 48.0 Å². The van der Waals surface area contributed by atoms with Crippen molar-refractivity contribution in [2.75, 3.05) is 36.2 Å². The van der Waals surface area contributed by atoms with E-state index in [0.717, 1.165) is 11.9 Å². The maximum absolute atomic E-state index is 14.4. The third kappa shape index (κ3) is 6.95. The molecule has 0 amide bonds. The van der Waals surface area contributed by atoms with Crippen LogP contribution >= 0.6 is 11.6 Å². The fourth-order valence-corrected chi connectivity index (χ4v) is 3.53. The van der Waals surface area contributed by atoms with E-state index >= 15 is 0 Å². The second-order valence-corrected chi connectivity index (χ2v) is 8.64. The van der Waals surface area contributed by atoms with Crippen molar-refractivity contribution < 1.29 is 23.3 Å². The van der Waals surface area contributed by atoms with Gasteiger partial charge in [0.2, 0.25) is 5.95 Å². The molecule has 0 saturated carbocycles. The topological polar surface area (TPSA) is 98.8 Å². The first-order valence-electron chi connectivity index (χ1n) is 10.9. The van der Waals surface area contributed by atoms with Crippen LogP contribution in [0.2, 0.25) is 5.02 Å². The van der Waals surface area contributed by atoms with Crippen LogP contribution in [0.25, 0.3) is 0 Å². The van der Waals surface area contributed by atoms with Crippen molar-refractivity contribution in [1.29, 1.82) is 0 Å². The Labute approximate surface area is 208 Å². The Balaban J connectivity index is 1.43. The monoisotopic (exact) mass is 501 g/mol. The first kappa shape index (κ1) is 25.0. The molecule has 184 valence electrons. The summed E-state index contributed by atoms with van der Waals surface area (Å²) in [6, 6.07) is 12.5. The largest absolute Gasteiger partial charge is 0.489 e. The Hall–Kier alpha value is -3.12. The molecule has 1 fully saturated rings. The fourth-order valence-electron chi connectivity index (χ4n) is 3.36. The minimum absolute atomic E-state index is 0.0258. The van der Waals surface area contributed by atoms with Gasteiger partial charge in [-0.25, -0.2) is 9.37 Å². The zero-order chi connectivity index (χ0) is 24.8. The van der Waals surface area contributed by atoms with Crippen LogP contribution in [0, 0.1) is 5.82 Å². The molecule has 12 heteroatoms. The van der Waals surface area contributed by atoms with E-state index < -0.39 is 11.6 Å². The molecule has 1 aliphatic rings. The number of hydrogen-bond donors (Lipinski definition) is 3. The van der Waals surface area contributed by atoms with Crippen molar-refractivity contribution in [2.45, 2.75) is 25.7 Å². The minimum Gasteiger partial charge on any atom is -0.489 e. The maximum Gasteiger partial charge on any atom is 0.393 e. The van der Waals surface area contributed by atoms with Crippen LogP contribution in [0.4, 0.5) is 33.2 Å². The van der Waals surface area contributed by atoms with E-state index in [1.165, 1.54) is 0 Å². The highest BCUT2D eigenvalue weighted by molar-refractivity contribution is 6.32. The molecule has 1 atom stereocenters. The lowest BCUT2D eigenvalue weighted by molar-refractivity contribution is -0.141. The Morgan fingerprint density at radius 2 is 1.97 bits per heavy atom. The minimum atomic E-state index is -0.630. The molecule has 1 saturated heterocycles. The van der Waals surface area contributed by atoms with Crippen molar-refractivity contribution in [3.8, 4) is 5.75 Å². The van der Waals surface area contributed by atoms with E-state index in [1.54, 1.807) is 31.4 Å². The van der Waals surface area contributed by atoms with Gasteiger partial charge in [0.05, 0.1) is 17.8 Å². The highest BCUT2D eigenvalue weighted by atomic mass is 35.5. The number of nitrogens with one attached hydrogen (secondary N) is 3. The van der Waals surface area contributed by atoms with Crippen LogP contribution in [-0.4, -0.2) is 49.8 Å². The van der Waals surface area contributed by atoms with E-state index in [4.69, 9.17) is 30.5 Å². The first-order valence-corrected chi connectivity index (χ1v) is 11.3. The summed E-state index contributed by atoms with van der Waals surface area (Å²) in [7, 11) is 1.95. The van der Waals surface area contributed by atoms with Crippen molar-refractivity contribution in [1.82, 2.24) is 9.97 Å². The first-order chi connectivity index (χ1) is 16.8. The number of rotatable bonds is 10. The summed E-state index contributed by atoms with van der Waals surface area (Å²) in [5.41, 5.74) is 2.09. The third-order valence-corrected chi connectivity index (χ3v) is 5.28. The average molecular weight is 502 g/mol. The lowest BCUT2D eigenvalue weighted by atomic mass is 10.2.